The van der Waals surface area contributed by atoms with Crippen molar-refractivity contribution in [1.82, 2.24) is 10.3 Å². The Hall–Kier alpha value is -2.34. The number of nitrogens with zero attached hydrogens (tertiary/aromatic N) is 1. The van der Waals surface area contributed by atoms with Crippen LogP contribution < -0.4 is 14.8 Å². The van der Waals surface area contributed by atoms with Gasteiger partial charge in [-0.25, -0.2) is 4.39 Å². The SMILES string of the molecule is COc1cc(CNCc2ccncc2)c(Cl)cc1OCc1c(F)cccc1Cl. The maximum atomic E-state index is 13.9. The number of nitrogens with one attached hydrogen (secondary N) is 1. The summed E-state index contributed by atoms with van der Waals surface area (Å²) in [6.07, 6.45) is 3.50. The molecule has 0 unspecified atom stereocenters. The highest BCUT2D eigenvalue weighted by Gasteiger charge is 2.13. The van der Waals surface area contributed by atoms with Gasteiger partial charge in [0, 0.05) is 42.1 Å². The number of rotatable bonds is 8. The second kappa shape index (κ2) is 9.73. The molecule has 4 nitrogen and oxygen atoms in total. The lowest BCUT2D eigenvalue weighted by Gasteiger charge is -2.15. The maximum Gasteiger partial charge on any atom is 0.163 e. The highest BCUT2D eigenvalue weighted by Crippen LogP contribution is 2.34. The number of aromatic nitrogens is 1. The smallest absolute Gasteiger partial charge is 0.163 e. The lowest BCUT2D eigenvalue weighted by Crippen LogP contribution is -2.13. The van der Waals surface area contributed by atoms with Crippen molar-refractivity contribution in [2.45, 2.75) is 19.7 Å². The molecule has 0 aliphatic rings. The van der Waals surface area contributed by atoms with Crippen LogP contribution in [0, 0.1) is 5.82 Å². The van der Waals surface area contributed by atoms with E-state index in [-0.39, 0.29) is 12.2 Å². The van der Waals surface area contributed by atoms with Gasteiger partial charge in [0.15, 0.2) is 11.5 Å². The third-order valence-electron chi connectivity index (χ3n) is 4.16. The lowest BCUT2D eigenvalue weighted by atomic mass is 10.2. The Bertz CT molecular complexity index is 919. The van der Waals surface area contributed by atoms with Crippen molar-refractivity contribution in [2.24, 2.45) is 0 Å². The van der Waals surface area contributed by atoms with Crippen molar-refractivity contribution in [3.8, 4) is 11.5 Å². The highest BCUT2D eigenvalue weighted by molar-refractivity contribution is 6.31. The predicted molar refractivity (Wildman–Crippen MR) is 109 cm³/mol. The first-order chi connectivity index (χ1) is 13.6. The molecule has 0 saturated carbocycles. The van der Waals surface area contributed by atoms with Gasteiger partial charge in [0.05, 0.1) is 12.1 Å². The third-order valence-corrected chi connectivity index (χ3v) is 4.87. The van der Waals surface area contributed by atoms with Crippen molar-refractivity contribution in [1.29, 1.82) is 0 Å². The number of halogens is 3. The van der Waals surface area contributed by atoms with Gasteiger partial charge in [-0.2, -0.15) is 0 Å². The largest absolute Gasteiger partial charge is 0.493 e. The van der Waals surface area contributed by atoms with Crippen LogP contribution in [0.15, 0.2) is 54.9 Å². The van der Waals surface area contributed by atoms with Gasteiger partial charge in [0.2, 0.25) is 0 Å². The molecule has 0 spiro atoms. The summed E-state index contributed by atoms with van der Waals surface area (Å²) in [5.41, 5.74) is 2.27. The van der Waals surface area contributed by atoms with Gasteiger partial charge in [0.1, 0.15) is 12.4 Å². The molecule has 2 aromatic carbocycles. The molecule has 0 fully saturated rings. The lowest BCUT2D eigenvalue weighted by molar-refractivity contribution is 0.279. The Morgan fingerprint density at radius 2 is 1.79 bits per heavy atom. The molecule has 3 rings (SSSR count). The van der Waals surface area contributed by atoms with E-state index in [1.54, 1.807) is 43.8 Å². The summed E-state index contributed by atoms with van der Waals surface area (Å²) in [4.78, 5) is 4.00. The van der Waals surface area contributed by atoms with Gasteiger partial charge in [-0.1, -0.05) is 29.3 Å². The van der Waals surface area contributed by atoms with E-state index in [0.717, 1.165) is 11.1 Å². The number of ether oxygens (including phenoxy) is 2. The van der Waals surface area contributed by atoms with Crippen LogP contribution in [0.3, 0.4) is 0 Å². The number of methoxy groups -OCH3 is 1. The van der Waals surface area contributed by atoms with Crippen LogP contribution in [-0.2, 0) is 19.7 Å². The van der Waals surface area contributed by atoms with Gasteiger partial charge in [-0.3, -0.25) is 4.98 Å². The molecule has 0 atom stereocenters. The quantitative estimate of drug-likeness (QED) is 0.529. The Labute approximate surface area is 173 Å². The minimum absolute atomic E-state index is 0.0299. The van der Waals surface area contributed by atoms with E-state index in [0.29, 0.717) is 34.6 Å². The minimum Gasteiger partial charge on any atom is -0.493 e. The van der Waals surface area contributed by atoms with E-state index in [9.17, 15) is 4.39 Å². The van der Waals surface area contributed by atoms with Gasteiger partial charge in [-0.05, 0) is 41.5 Å². The summed E-state index contributed by atoms with van der Waals surface area (Å²) < 4.78 is 25.1. The average Bonchev–Trinajstić information content (AvgIpc) is 2.70. The van der Waals surface area contributed by atoms with Crippen LogP contribution in [0.4, 0.5) is 4.39 Å². The molecule has 0 radical (unpaired) electrons. The van der Waals surface area contributed by atoms with Crippen molar-refractivity contribution in [3.05, 3.63) is 87.4 Å². The number of hydrogen-bond donors (Lipinski definition) is 1. The van der Waals surface area contributed by atoms with Crippen LogP contribution in [0.2, 0.25) is 10.0 Å². The second-order valence-corrected chi connectivity index (χ2v) is 6.86. The molecule has 146 valence electrons. The Balaban J connectivity index is 1.68. The van der Waals surface area contributed by atoms with Crippen LogP contribution in [-0.4, -0.2) is 12.1 Å². The zero-order chi connectivity index (χ0) is 19.9. The topological polar surface area (TPSA) is 43.4 Å². The highest BCUT2D eigenvalue weighted by atomic mass is 35.5. The molecule has 0 saturated heterocycles. The third kappa shape index (κ3) is 5.13. The van der Waals surface area contributed by atoms with E-state index < -0.39 is 5.82 Å². The van der Waals surface area contributed by atoms with Crippen molar-refractivity contribution >= 4 is 23.2 Å². The van der Waals surface area contributed by atoms with Gasteiger partial charge < -0.3 is 14.8 Å². The number of pyridine rings is 1. The van der Waals surface area contributed by atoms with Gasteiger partial charge >= 0.3 is 0 Å². The molecule has 0 amide bonds. The molecule has 1 heterocycles. The summed E-state index contributed by atoms with van der Waals surface area (Å²) in [5.74, 6) is 0.511. The van der Waals surface area contributed by atoms with Crippen LogP contribution in [0.1, 0.15) is 16.7 Å². The van der Waals surface area contributed by atoms with Crippen molar-refractivity contribution < 1.29 is 13.9 Å². The first kappa shape index (κ1) is 20.4. The zero-order valence-electron chi connectivity index (χ0n) is 15.2. The summed E-state index contributed by atoms with van der Waals surface area (Å²) >= 11 is 12.4. The van der Waals surface area contributed by atoms with E-state index in [1.165, 1.54) is 6.07 Å². The molecular formula is C21H19Cl2FN2O2. The molecule has 1 N–H and O–H groups in total. The molecule has 0 aliphatic carbocycles. The number of hydrogen-bond acceptors (Lipinski definition) is 4. The van der Waals surface area contributed by atoms with E-state index in [4.69, 9.17) is 32.7 Å². The monoisotopic (exact) mass is 420 g/mol. The Morgan fingerprint density at radius 3 is 2.50 bits per heavy atom. The fraction of sp³-hybridized carbons (Fsp3) is 0.190. The molecule has 0 bridgehead atoms. The van der Waals surface area contributed by atoms with Crippen molar-refractivity contribution in [2.75, 3.05) is 7.11 Å². The Kier molecular flexibility index (Phi) is 7.09. The van der Waals surface area contributed by atoms with Crippen LogP contribution in [0.5, 0.6) is 11.5 Å². The van der Waals surface area contributed by atoms with Gasteiger partial charge in [0.25, 0.3) is 0 Å². The van der Waals surface area contributed by atoms with E-state index in [1.807, 2.05) is 12.1 Å². The molecule has 7 heteroatoms. The van der Waals surface area contributed by atoms with Crippen LogP contribution >= 0.6 is 23.2 Å². The summed E-state index contributed by atoms with van der Waals surface area (Å²) in [5, 5.41) is 4.16. The summed E-state index contributed by atoms with van der Waals surface area (Å²) in [6.45, 7) is 1.21. The van der Waals surface area contributed by atoms with Gasteiger partial charge in [-0.15, -0.1) is 0 Å². The molecule has 0 aliphatic heterocycles. The molecule has 1 aromatic heterocycles. The Morgan fingerprint density at radius 1 is 1.00 bits per heavy atom. The molecular weight excluding hydrogens is 402 g/mol. The summed E-state index contributed by atoms with van der Waals surface area (Å²) in [7, 11) is 1.54. The minimum atomic E-state index is -0.422. The number of benzene rings is 2. The fourth-order valence-corrected chi connectivity index (χ4v) is 3.09. The zero-order valence-corrected chi connectivity index (χ0v) is 16.7. The normalized spacial score (nSPS) is 10.7. The van der Waals surface area contributed by atoms with Crippen molar-refractivity contribution in [3.63, 3.8) is 0 Å². The first-order valence-electron chi connectivity index (χ1n) is 8.60. The average molecular weight is 421 g/mol. The van der Waals surface area contributed by atoms with Crippen LogP contribution in [0.25, 0.3) is 0 Å². The molecule has 3 aromatic rings. The summed E-state index contributed by atoms with van der Waals surface area (Å²) in [6, 6.07) is 11.9. The maximum absolute atomic E-state index is 13.9. The first-order valence-corrected chi connectivity index (χ1v) is 9.35. The molecule has 28 heavy (non-hydrogen) atoms. The van der Waals surface area contributed by atoms with E-state index >= 15 is 0 Å². The second-order valence-electron chi connectivity index (χ2n) is 6.04. The standard InChI is InChI=1S/C21H19Cl2FN2O2/c1-27-20-9-15(12-26-11-14-5-7-25-8-6-14)18(23)10-21(20)28-13-16-17(22)3-2-4-19(16)24/h2-10,26H,11-13H2,1H3. The van der Waals surface area contributed by atoms with E-state index in [2.05, 4.69) is 10.3 Å². The fourth-order valence-electron chi connectivity index (χ4n) is 2.65. The predicted octanol–water partition coefficient (Wildman–Crippen LogP) is 5.40.